The normalized spacial score (nSPS) is 10.5. The Hall–Kier alpha value is -2.04. The van der Waals surface area contributed by atoms with Gasteiger partial charge in [0, 0.05) is 6.07 Å². The van der Waals surface area contributed by atoms with Gasteiger partial charge < -0.3 is 14.0 Å². The molecule has 0 aliphatic rings. The van der Waals surface area contributed by atoms with Crippen LogP contribution in [0.3, 0.4) is 0 Å². The van der Waals surface area contributed by atoms with Crippen molar-refractivity contribution in [2.24, 2.45) is 0 Å². The highest BCUT2D eigenvalue weighted by Crippen LogP contribution is 2.26. The molecule has 2 rings (SSSR count). The third-order valence-corrected chi connectivity index (χ3v) is 2.04. The largest absolute Gasteiger partial charge is 0.476 e. The molecule has 0 fully saturated rings. The third-order valence-electron chi connectivity index (χ3n) is 2.04. The molecule has 0 spiro atoms. The van der Waals surface area contributed by atoms with Crippen LogP contribution in [0.2, 0.25) is 0 Å². The summed E-state index contributed by atoms with van der Waals surface area (Å²) in [4.78, 5) is 10.6. The van der Waals surface area contributed by atoms with Crippen molar-refractivity contribution in [2.75, 3.05) is 0 Å². The fraction of sp³-hybridized carbons (Fsp3) is 0.200. The van der Waals surface area contributed by atoms with Crippen molar-refractivity contribution >= 4 is 5.97 Å². The van der Waals surface area contributed by atoms with Crippen LogP contribution in [0.5, 0.6) is 0 Å². The molecule has 0 unspecified atom stereocenters. The summed E-state index contributed by atoms with van der Waals surface area (Å²) in [7, 11) is 0. The molecule has 0 aliphatic heterocycles. The lowest BCUT2D eigenvalue weighted by atomic mass is 10.2. The Kier molecular flexibility index (Phi) is 2.07. The number of aryl methyl sites for hydroxylation is 2. The highest BCUT2D eigenvalue weighted by atomic mass is 16.5. The van der Waals surface area contributed by atoms with Crippen molar-refractivity contribution in [3.8, 4) is 11.3 Å². The van der Waals surface area contributed by atoms with E-state index < -0.39 is 5.97 Å². The van der Waals surface area contributed by atoms with E-state index >= 15 is 0 Å². The van der Waals surface area contributed by atoms with Crippen LogP contribution in [0, 0.1) is 13.8 Å². The highest BCUT2D eigenvalue weighted by molar-refractivity contribution is 5.86. The summed E-state index contributed by atoms with van der Waals surface area (Å²) in [6, 6.07) is 3.15. The van der Waals surface area contributed by atoms with Crippen molar-refractivity contribution in [3.63, 3.8) is 0 Å². The van der Waals surface area contributed by atoms with Crippen LogP contribution in [0.25, 0.3) is 11.3 Å². The van der Waals surface area contributed by atoms with Crippen LogP contribution in [0.1, 0.15) is 22.0 Å². The molecule has 0 saturated heterocycles. The van der Waals surface area contributed by atoms with Crippen LogP contribution in [0.15, 0.2) is 21.1 Å². The van der Waals surface area contributed by atoms with Gasteiger partial charge in [-0.05, 0) is 19.9 Å². The molecule has 0 amide bonds. The van der Waals surface area contributed by atoms with Gasteiger partial charge in [-0.25, -0.2) is 4.79 Å². The van der Waals surface area contributed by atoms with Crippen LogP contribution in [-0.2, 0) is 0 Å². The molecule has 0 atom stereocenters. The van der Waals surface area contributed by atoms with E-state index in [9.17, 15) is 4.79 Å². The molecular weight excluding hydrogens is 198 g/mol. The van der Waals surface area contributed by atoms with Gasteiger partial charge in [0.15, 0.2) is 11.5 Å². The molecule has 1 N–H and O–H groups in total. The minimum atomic E-state index is -1.11. The molecule has 5 heteroatoms. The maximum atomic E-state index is 10.6. The summed E-state index contributed by atoms with van der Waals surface area (Å²) >= 11 is 0. The third kappa shape index (κ3) is 1.63. The van der Waals surface area contributed by atoms with Gasteiger partial charge in [-0.2, -0.15) is 0 Å². The van der Waals surface area contributed by atoms with Gasteiger partial charge in [-0.3, -0.25) is 0 Å². The molecule has 5 nitrogen and oxygen atoms in total. The maximum absolute atomic E-state index is 10.6. The van der Waals surface area contributed by atoms with Gasteiger partial charge >= 0.3 is 5.97 Å². The van der Waals surface area contributed by atoms with Crippen molar-refractivity contribution < 1.29 is 18.8 Å². The summed E-state index contributed by atoms with van der Waals surface area (Å²) in [6.45, 7) is 3.59. The smallest absolute Gasteiger partial charge is 0.358 e. The van der Waals surface area contributed by atoms with Gasteiger partial charge in [-0.1, -0.05) is 5.16 Å². The zero-order chi connectivity index (χ0) is 11.0. The molecular formula is C10H9NO4. The number of rotatable bonds is 2. The highest BCUT2D eigenvalue weighted by Gasteiger charge is 2.15. The SMILES string of the molecule is Cc1cc(-c2cc(C(=O)O)no2)c(C)o1. The number of hydrogen-bond acceptors (Lipinski definition) is 4. The molecule has 15 heavy (non-hydrogen) atoms. The van der Waals surface area contributed by atoms with Crippen molar-refractivity contribution in [1.29, 1.82) is 0 Å². The first kappa shape index (κ1) is 9.51. The predicted molar refractivity (Wildman–Crippen MR) is 50.6 cm³/mol. The topological polar surface area (TPSA) is 76.5 Å². The summed E-state index contributed by atoms with van der Waals surface area (Å²) < 4.78 is 10.2. The zero-order valence-electron chi connectivity index (χ0n) is 8.27. The second-order valence-corrected chi connectivity index (χ2v) is 3.21. The van der Waals surface area contributed by atoms with Crippen LogP contribution < -0.4 is 0 Å². The average molecular weight is 207 g/mol. The summed E-state index contributed by atoms with van der Waals surface area (Å²) in [5.41, 5.74) is 0.621. The molecule has 2 heterocycles. The lowest BCUT2D eigenvalue weighted by molar-refractivity contribution is 0.0686. The molecule has 0 bridgehead atoms. The average Bonchev–Trinajstić information content (AvgIpc) is 2.71. The van der Waals surface area contributed by atoms with E-state index in [2.05, 4.69) is 5.16 Å². The van der Waals surface area contributed by atoms with Crippen LogP contribution >= 0.6 is 0 Å². The van der Waals surface area contributed by atoms with E-state index in [0.29, 0.717) is 11.5 Å². The summed E-state index contributed by atoms with van der Waals surface area (Å²) in [5, 5.41) is 12.1. The molecule has 0 radical (unpaired) electrons. The number of aromatic carboxylic acids is 1. The maximum Gasteiger partial charge on any atom is 0.358 e. The monoisotopic (exact) mass is 207 g/mol. The molecule has 0 aliphatic carbocycles. The van der Waals surface area contributed by atoms with E-state index in [1.165, 1.54) is 6.07 Å². The predicted octanol–water partition coefficient (Wildman–Crippen LogP) is 2.25. The van der Waals surface area contributed by atoms with Crippen molar-refractivity contribution in [1.82, 2.24) is 5.16 Å². The lowest BCUT2D eigenvalue weighted by Crippen LogP contribution is -1.94. The van der Waals surface area contributed by atoms with E-state index in [4.69, 9.17) is 14.0 Å². The number of carboxylic acids is 1. The van der Waals surface area contributed by atoms with E-state index in [1.54, 1.807) is 13.0 Å². The van der Waals surface area contributed by atoms with Gasteiger partial charge in [0.05, 0.1) is 5.56 Å². The lowest BCUT2D eigenvalue weighted by Gasteiger charge is -1.88. The first-order valence-electron chi connectivity index (χ1n) is 4.35. The summed E-state index contributed by atoms with van der Waals surface area (Å²) in [5.74, 6) is 0.723. The Morgan fingerprint density at radius 1 is 1.40 bits per heavy atom. The molecule has 2 aromatic heterocycles. The number of aromatic nitrogens is 1. The fourth-order valence-corrected chi connectivity index (χ4v) is 1.38. The number of carbonyl (C=O) groups is 1. The Balaban J connectivity index is 2.45. The Bertz CT molecular complexity index is 509. The molecule has 78 valence electrons. The van der Waals surface area contributed by atoms with Gasteiger partial charge in [0.1, 0.15) is 11.5 Å². The number of furan rings is 1. The summed E-state index contributed by atoms with van der Waals surface area (Å²) in [6.07, 6.45) is 0. The molecule has 0 aromatic carbocycles. The molecule has 0 saturated carbocycles. The standard InChI is InChI=1S/C10H9NO4/c1-5-3-7(6(2)14-5)9-4-8(10(12)13)11-15-9/h3-4H,1-2H3,(H,12,13). The first-order chi connectivity index (χ1) is 7.08. The number of carboxylic acid groups (broad SMARTS) is 1. The Morgan fingerprint density at radius 2 is 2.13 bits per heavy atom. The second kappa shape index (κ2) is 3.27. The van der Waals surface area contributed by atoms with Crippen LogP contribution in [0.4, 0.5) is 0 Å². The molecule has 2 aromatic rings. The zero-order valence-corrected chi connectivity index (χ0v) is 8.27. The second-order valence-electron chi connectivity index (χ2n) is 3.21. The number of hydrogen-bond donors (Lipinski definition) is 1. The number of nitrogens with zero attached hydrogens (tertiary/aromatic N) is 1. The first-order valence-corrected chi connectivity index (χ1v) is 4.35. The quantitative estimate of drug-likeness (QED) is 0.817. The van der Waals surface area contributed by atoms with E-state index in [-0.39, 0.29) is 5.69 Å². The van der Waals surface area contributed by atoms with Crippen molar-refractivity contribution in [3.05, 3.63) is 29.3 Å². The van der Waals surface area contributed by atoms with Crippen LogP contribution in [-0.4, -0.2) is 16.2 Å². The minimum Gasteiger partial charge on any atom is -0.476 e. The van der Waals surface area contributed by atoms with Gasteiger partial charge in [0.2, 0.25) is 0 Å². The van der Waals surface area contributed by atoms with Gasteiger partial charge in [0.25, 0.3) is 0 Å². The van der Waals surface area contributed by atoms with Gasteiger partial charge in [-0.15, -0.1) is 0 Å². The van der Waals surface area contributed by atoms with E-state index in [0.717, 1.165) is 11.3 Å². The fourth-order valence-electron chi connectivity index (χ4n) is 1.38. The Morgan fingerprint density at radius 3 is 2.60 bits per heavy atom. The minimum absolute atomic E-state index is 0.108. The van der Waals surface area contributed by atoms with Crippen molar-refractivity contribution in [2.45, 2.75) is 13.8 Å². The van der Waals surface area contributed by atoms with E-state index in [1.807, 2.05) is 6.92 Å². The Labute approximate surface area is 85.3 Å².